The van der Waals surface area contributed by atoms with Gasteiger partial charge in [-0.2, -0.15) is 4.79 Å². The third kappa shape index (κ3) is 1.71. The van der Waals surface area contributed by atoms with E-state index in [-0.39, 0.29) is 0 Å². The van der Waals surface area contributed by atoms with Crippen molar-refractivity contribution in [3.05, 3.63) is 45.8 Å². The number of ether oxygens (including phenoxy) is 1. The minimum Gasteiger partial charge on any atom is -0.497 e. The largest absolute Gasteiger partial charge is 0.497 e. The van der Waals surface area contributed by atoms with Crippen molar-refractivity contribution < 1.29 is 13.9 Å². The molecule has 2 rings (SSSR count). The highest BCUT2D eigenvalue weighted by molar-refractivity contribution is 5.95. The summed E-state index contributed by atoms with van der Waals surface area (Å²) in [6.45, 7) is 0. The summed E-state index contributed by atoms with van der Waals surface area (Å²) in [5.74, 6) is 0.591. The molecule has 0 aliphatic rings. The topological polar surface area (TPSA) is 75.8 Å². The molecule has 0 atom stereocenters. The quantitative estimate of drug-likeness (QED) is 0.330. The molecule has 0 amide bonds. The number of hydrogen-bond acceptors (Lipinski definition) is 3. The first-order valence-electron chi connectivity index (χ1n) is 4.54. The van der Waals surface area contributed by atoms with Gasteiger partial charge in [0.25, 0.3) is 6.21 Å². The molecule has 0 N–H and O–H groups in total. The van der Waals surface area contributed by atoms with Crippen LogP contribution in [-0.4, -0.2) is 18.1 Å². The van der Waals surface area contributed by atoms with Gasteiger partial charge in [0.2, 0.25) is 0 Å². The van der Waals surface area contributed by atoms with Gasteiger partial charge in [-0.25, -0.2) is 4.79 Å². The van der Waals surface area contributed by atoms with Gasteiger partial charge >= 0.3 is 5.63 Å². The molecule has 0 aliphatic carbocycles. The number of hydrogen-bond donors (Lipinski definition) is 0. The standard InChI is InChI=1S/C11H8N2O3/c1-15-8-2-3-9-7(6-13-12)4-11(14)16-10(9)5-8/h2-6H,1H3. The summed E-state index contributed by atoms with van der Waals surface area (Å²) < 4.78 is 10.0. The molecular weight excluding hydrogens is 208 g/mol. The third-order valence-electron chi connectivity index (χ3n) is 2.18. The Hall–Kier alpha value is -2.39. The molecule has 0 unspecified atom stereocenters. The highest BCUT2D eigenvalue weighted by Crippen LogP contribution is 2.21. The fourth-order valence-corrected chi connectivity index (χ4v) is 1.46. The first kappa shape index (κ1) is 10.1. The van der Waals surface area contributed by atoms with Crippen LogP contribution in [0.2, 0.25) is 0 Å². The predicted molar refractivity (Wildman–Crippen MR) is 57.8 cm³/mol. The van der Waals surface area contributed by atoms with Gasteiger partial charge in [-0.1, -0.05) is 0 Å². The number of benzene rings is 1. The van der Waals surface area contributed by atoms with E-state index in [1.807, 2.05) is 0 Å². The van der Waals surface area contributed by atoms with E-state index in [0.717, 1.165) is 0 Å². The molecule has 0 saturated carbocycles. The normalized spacial score (nSPS) is 9.81. The van der Waals surface area contributed by atoms with Crippen molar-refractivity contribution in [1.82, 2.24) is 0 Å². The van der Waals surface area contributed by atoms with Gasteiger partial charge in [-0.05, 0) is 12.1 Å². The minimum atomic E-state index is -0.504. The van der Waals surface area contributed by atoms with Crippen LogP contribution in [0.25, 0.3) is 16.5 Å². The Morgan fingerprint density at radius 3 is 2.94 bits per heavy atom. The molecule has 1 heterocycles. The lowest BCUT2D eigenvalue weighted by Crippen LogP contribution is -2.00. The summed E-state index contributed by atoms with van der Waals surface area (Å²) in [4.78, 5) is 14.1. The Morgan fingerprint density at radius 2 is 2.25 bits per heavy atom. The molecule has 5 heteroatoms. The van der Waals surface area contributed by atoms with Crippen LogP contribution in [0.3, 0.4) is 0 Å². The molecule has 5 nitrogen and oxygen atoms in total. The molecule has 16 heavy (non-hydrogen) atoms. The molecule has 0 fully saturated rings. The van der Waals surface area contributed by atoms with E-state index in [1.165, 1.54) is 19.4 Å². The lowest BCUT2D eigenvalue weighted by molar-refractivity contribution is 0.00463. The van der Waals surface area contributed by atoms with Crippen molar-refractivity contribution in [3.8, 4) is 5.75 Å². The summed E-state index contributed by atoms with van der Waals surface area (Å²) in [5, 5.41) is 0.679. The summed E-state index contributed by atoms with van der Waals surface area (Å²) in [6, 6.07) is 6.32. The van der Waals surface area contributed by atoms with Gasteiger partial charge in [0.05, 0.1) is 12.7 Å². The van der Waals surface area contributed by atoms with Crippen LogP contribution in [0.4, 0.5) is 0 Å². The van der Waals surface area contributed by atoms with Gasteiger partial charge in [-0.15, -0.1) is 0 Å². The maximum atomic E-state index is 11.2. The first-order valence-corrected chi connectivity index (χ1v) is 4.54. The van der Waals surface area contributed by atoms with Crippen LogP contribution < -0.4 is 10.4 Å². The lowest BCUT2D eigenvalue weighted by Gasteiger charge is -2.01. The Bertz CT molecular complexity index is 639. The summed E-state index contributed by atoms with van der Waals surface area (Å²) in [5.41, 5.74) is 8.87. The second-order valence-electron chi connectivity index (χ2n) is 3.13. The van der Waals surface area contributed by atoms with Crippen LogP contribution in [0, 0.1) is 0 Å². The van der Waals surface area contributed by atoms with E-state index in [1.54, 1.807) is 18.2 Å². The van der Waals surface area contributed by atoms with Gasteiger partial charge in [0, 0.05) is 17.5 Å². The molecule has 2 aromatic rings. The van der Waals surface area contributed by atoms with Crippen molar-refractivity contribution in [2.75, 3.05) is 7.11 Å². The zero-order valence-electron chi connectivity index (χ0n) is 8.51. The zero-order valence-corrected chi connectivity index (χ0v) is 8.51. The fourth-order valence-electron chi connectivity index (χ4n) is 1.46. The molecular formula is C11H8N2O3. The van der Waals surface area contributed by atoms with E-state index in [9.17, 15) is 4.79 Å². The van der Waals surface area contributed by atoms with Crippen molar-refractivity contribution >= 4 is 17.2 Å². The summed E-state index contributed by atoms with van der Waals surface area (Å²) in [7, 11) is 1.53. The van der Waals surface area contributed by atoms with Gasteiger partial charge < -0.3 is 14.7 Å². The minimum absolute atomic E-state index is 0.391. The second-order valence-corrected chi connectivity index (χ2v) is 3.13. The van der Waals surface area contributed by atoms with Crippen molar-refractivity contribution in [2.45, 2.75) is 0 Å². The molecule has 0 saturated heterocycles. The fraction of sp³-hybridized carbons (Fsp3) is 0.0909. The number of nitrogens with zero attached hydrogens (tertiary/aromatic N) is 2. The molecule has 0 radical (unpaired) electrons. The van der Waals surface area contributed by atoms with Gasteiger partial charge in [0.15, 0.2) is 0 Å². The van der Waals surface area contributed by atoms with Crippen molar-refractivity contribution in [3.63, 3.8) is 0 Å². The number of fused-ring (bicyclic) bond motifs is 1. The Balaban J connectivity index is 2.83. The van der Waals surface area contributed by atoms with Crippen LogP contribution >= 0.6 is 0 Å². The van der Waals surface area contributed by atoms with Crippen LogP contribution in [0.5, 0.6) is 5.75 Å². The molecule has 0 bridgehead atoms. The third-order valence-corrected chi connectivity index (χ3v) is 2.18. The highest BCUT2D eigenvalue weighted by Gasteiger charge is 2.07. The molecule has 1 aromatic heterocycles. The smallest absolute Gasteiger partial charge is 0.337 e. The van der Waals surface area contributed by atoms with E-state index >= 15 is 0 Å². The lowest BCUT2D eigenvalue weighted by atomic mass is 10.1. The SMILES string of the molecule is COc1ccc2c(C=[N+]=[N-])cc(=O)oc2c1. The highest BCUT2D eigenvalue weighted by atomic mass is 16.5. The van der Waals surface area contributed by atoms with Crippen LogP contribution in [-0.2, 0) is 0 Å². The van der Waals surface area contributed by atoms with Crippen molar-refractivity contribution in [2.24, 2.45) is 0 Å². The van der Waals surface area contributed by atoms with Crippen LogP contribution in [0.15, 0.2) is 33.5 Å². The molecule has 0 spiro atoms. The monoisotopic (exact) mass is 216 g/mol. The predicted octanol–water partition coefficient (Wildman–Crippen LogP) is 1.45. The molecule has 80 valence electrons. The maximum absolute atomic E-state index is 11.2. The average Bonchev–Trinajstić information content (AvgIpc) is 2.28. The summed E-state index contributed by atoms with van der Waals surface area (Å²) >= 11 is 0. The molecule has 0 aliphatic heterocycles. The average molecular weight is 216 g/mol. The van der Waals surface area contributed by atoms with E-state index in [2.05, 4.69) is 4.79 Å². The first-order chi connectivity index (χ1) is 7.74. The number of rotatable bonds is 2. The Morgan fingerprint density at radius 1 is 1.44 bits per heavy atom. The Kier molecular flexibility index (Phi) is 2.54. The van der Waals surface area contributed by atoms with E-state index in [0.29, 0.717) is 22.3 Å². The van der Waals surface area contributed by atoms with Gasteiger partial charge in [0.1, 0.15) is 11.3 Å². The maximum Gasteiger partial charge on any atom is 0.337 e. The number of methoxy groups -OCH3 is 1. The second kappa shape index (κ2) is 4.00. The molecule has 1 aromatic carbocycles. The van der Waals surface area contributed by atoms with Crippen molar-refractivity contribution in [1.29, 1.82) is 0 Å². The Labute approximate surface area is 90.5 Å². The van der Waals surface area contributed by atoms with Gasteiger partial charge in [-0.3, -0.25) is 0 Å². The van der Waals surface area contributed by atoms with Crippen LogP contribution in [0.1, 0.15) is 5.56 Å². The summed E-state index contributed by atoms with van der Waals surface area (Å²) in [6.07, 6.45) is 1.19. The van der Waals surface area contributed by atoms with E-state index < -0.39 is 5.63 Å². The van der Waals surface area contributed by atoms with E-state index in [4.69, 9.17) is 14.7 Å². The zero-order chi connectivity index (χ0) is 11.5.